The van der Waals surface area contributed by atoms with E-state index in [-0.39, 0.29) is 5.82 Å². The number of benzene rings is 1. The second-order valence-electron chi connectivity index (χ2n) is 5.06. The van der Waals surface area contributed by atoms with Crippen molar-refractivity contribution in [1.29, 1.82) is 0 Å². The van der Waals surface area contributed by atoms with Gasteiger partial charge in [-0.3, -0.25) is 4.90 Å². The molecule has 0 aliphatic carbocycles. The first-order valence-electron chi connectivity index (χ1n) is 7.36. The summed E-state index contributed by atoms with van der Waals surface area (Å²) in [6, 6.07) is 5.58. The topological polar surface area (TPSA) is 38.5 Å². The highest BCUT2D eigenvalue weighted by Gasteiger charge is 2.17. The molecule has 0 aromatic heterocycles. The van der Waals surface area contributed by atoms with Gasteiger partial charge in [-0.2, -0.15) is 0 Å². The Morgan fingerprint density at radius 2 is 2.00 bits per heavy atom. The lowest BCUT2D eigenvalue weighted by Crippen LogP contribution is -2.36. The second-order valence-corrected chi connectivity index (χ2v) is 5.06. The summed E-state index contributed by atoms with van der Waals surface area (Å²) in [5, 5.41) is 0. The molecule has 0 unspecified atom stereocenters. The van der Waals surface area contributed by atoms with Gasteiger partial charge in [0.05, 0.1) is 6.61 Å². The maximum absolute atomic E-state index is 14.0. The maximum Gasteiger partial charge on any atom is 0.127 e. The van der Waals surface area contributed by atoms with E-state index in [0.717, 1.165) is 30.5 Å². The molecule has 4 heteroatoms. The Hall–Kier alpha value is -0.970. The van der Waals surface area contributed by atoms with Crippen LogP contribution in [0.5, 0.6) is 0 Å². The van der Waals surface area contributed by atoms with Gasteiger partial charge in [0.25, 0.3) is 0 Å². The van der Waals surface area contributed by atoms with Crippen LogP contribution in [0.25, 0.3) is 0 Å². The molecule has 0 fully saturated rings. The van der Waals surface area contributed by atoms with Crippen molar-refractivity contribution in [2.24, 2.45) is 5.73 Å². The van der Waals surface area contributed by atoms with Crippen molar-refractivity contribution in [2.45, 2.75) is 45.8 Å². The average Bonchev–Trinajstić information content (AvgIpc) is 2.47. The quantitative estimate of drug-likeness (QED) is 0.757. The van der Waals surface area contributed by atoms with Crippen LogP contribution in [0.3, 0.4) is 0 Å². The first-order valence-corrected chi connectivity index (χ1v) is 7.36. The Labute approximate surface area is 121 Å². The first kappa shape index (κ1) is 17.1. The van der Waals surface area contributed by atoms with Gasteiger partial charge < -0.3 is 10.5 Å². The first-order chi connectivity index (χ1) is 9.65. The zero-order valence-electron chi connectivity index (χ0n) is 12.9. The van der Waals surface area contributed by atoms with E-state index in [0.29, 0.717) is 25.7 Å². The number of methoxy groups -OCH3 is 1. The standard InChI is InChI=1S/C16H27FN2O/c1-4-15(5-2)19(8-9-20-3)12-14-10-13(11-18)6-7-16(14)17/h6-7,10,15H,4-5,8-9,11-12,18H2,1-3H3. The summed E-state index contributed by atoms with van der Waals surface area (Å²) in [5.41, 5.74) is 7.32. The molecule has 0 saturated heterocycles. The highest BCUT2D eigenvalue weighted by molar-refractivity contribution is 5.25. The summed E-state index contributed by atoms with van der Waals surface area (Å²) >= 11 is 0. The SMILES string of the molecule is CCC(CC)N(CCOC)Cc1cc(CN)ccc1F. The maximum atomic E-state index is 14.0. The smallest absolute Gasteiger partial charge is 0.127 e. The molecule has 114 valence electrons. The van der Waals surface area contributed by atoms with E-state index < -0.39 is 0 Å². The number of hydrogen-bond donors (Lipinski definition) is 1. The van der Waals surface area contributed by atoms with Crippen LogP contribution in [-0.2, 0) is 17.8 Å². The Morgan fingerprint density at radius 3 is 2.55 bits per heavy atom. The Morgan fingerprint density at radius 1 is 1.30 bits per heavy atom. The summed E-state index contributed by atoms with van der Waals surface area (Å²) in [6.45, 7) is 6.86. The summed E-state index contributed by atoms with van der Waals surface area (Å²) in [7, 11) is 1.70. The van der Waals surface area contributed by atoms with Gasteiger partial charge in [0.15, 0.2) is 0 Å². The van der Waals surface area contributed by atoms with Crippen molar-refractivity contribution < 1.29 is 9.13 Å². The Balaban J connectivity index is 2.87. The Kier molecular flexibility index (Phi) is 7.73. The molecule has 3 nitrogen and oxygen atoms in total. The third-order valence-corrected chi connectivity index (χ3v) is 3.76. The molecule has 0 aliphatic rings. The molecule has 0 atom stereocenters. The molecule has 20 heavy (non-hydrogen) atoms. The van der Waals surface area contributed by atoms with E-state index in [1.165, 1.54) is 6.07 Å². The molecule has 0 saturated carbocycles. The third kappa shape index (κ3) is 4.85. The molecule has 0 heterocycles. The summed E-state index contributed by atoms with van der Waals surface area (Å²) in [4.78, 5) is 2.29. The van der Waals surface area contributed by atoms with Crippen molar-refractivity contribution >= 4 is 0 Å². The number of nitrogens with zero attached hydrogens (tertiary/aromatic N) is 1. The van der Waals surface area contributed by atoms with Gasteiger partial charge in [-0.25, -0.2) is 4.39 Å². The van der Waals surface area contributed by atoms with Gasteiger partial charge in [0, 0.05) is 38.3 Å². The highest BCUT2D eigenvalue weighted by atomic mass is 19.1. The zero-order valence-corrected chi connectivity index (χ0v) is 12.9. The second kappa shape index (κ2) is 9.06. The zero-order chi connectivity index (χ0) is 15.0. The number of hydrogen-bond acceptors (Lipinski definition) is 3. The lowest BCUT2D eigenvalue weighted by atomic mass is 10.1. The molecule has 0 spiro atoms. The minimum absolute atomic E-state index is 0.157. The van der Waals surface area contributed by atoms with Crippen LogP contribution < -0.4 is 5.73 Å². The van der Waals surface area contributed by atoms with Gasteiger partial charge in [0.2, 0.25) is 0 Å². The average molecular weight is 282 g/mol. The van der Waals surface area contributed by atoms with Gasteiger partial charge in [-0.15, -0.1) is 0 Å². The van der Waals surface area contributed by atoms with Crippen molar-refractivity contribution in [3.8, 4) is 0 Å². The summed E-state index contributed by atoms with van der Waals surface area (Å²) < 4.78 is 19.1. The molecular formula is C16H27FN2O. The van der Waals surface area contributed by atoms with Crippen LogP contribution in [0.4, 0.5) is 4.39 Å². The number of nitrogens with two attached hydrogens (primary N) is 1. The monoisotopic (exact) mass is 282 g/mol. The van der Waals surface area contributed by atoms with E-state index >= 15 is 0 Å². The normalized spacial score (nSPS) is 11.6. The molecule has 0 amide bonds. The number of ether oxygens (including phenoxy) is 1. The van der Waals surface area contributed by atoms with Crippen molar-refractivity contribution in [2.75, 3.05) is 20.3 Å². The van der Waals surface area contributed by atoms with Crippen LogP contribution in [0.15, 0.2) is 18.2 Å². The van der Waals surface area contributed by atoms with Crippen molar-refractivity contribution in [3.05, 3.63) is 35.1 Å². The molecule has 0 aliphatic heterocycles. The molecule has 0 radical (unpaired) electrons. The van der Waals surface area contributed by atoms with Gasteiger partial charge in [0.1, 0.15) is 5.82 Å². The fourth-order valence-corrected chi connectivity index (χ4v) is 2.50. The van der Waals surface area contributed by atoms with Crippen LogP contribution in [-0.4, -0.2) is 31.2 Å². The van der Waals surface area contributed by atoms with E-state index in [1.54, 1.807) is 13.2 Å². The summed E-state index contributed by atoms with van der Waals surface area (Å²) in [5.74, 6) is -0.157. The van der Waals surface area contributed by atoms with Crippen LogP contribution in [0.2, 0.25) is 0 Å². The molecule has 0 bridgehead atoms. The van der Waals surface area contributed by atoms with Gasteiger partial charge in [-0.1, -0.05) is 26.0 Å². The minimum Gasteiger partial charge on any atom is -0.383 e. The highest BCUT2D eigenvalue weighted by Crippen LogP contribution is 2.17. The lowest BCUT2D eigenvalue weighted by molar-refractivity contribution is 0.109. The number of rotatable bonds is 9. The number of halogens is 1. The molecule has 1 aromatic rings. The third-order valence-electron chi connectivity index (χ3n) is 3.76. The lowest BCUT2D eigenvalue weighted by Gasteiger charge is -2.30. The van der Waals surface area contributed by atoms with E-state index in [1.807, 2.05) is 6.07 Å². The fourth-order valence-electron chi connectivity index (χ4n) is 2.50. The molecule has 2 N–H and O–H groups in total. The van der Waals surface area contributed by atoms with Gasteiger partial charge in [-0.05, 0) is 24.5 Å². The largest absolute Gasteiger partial charge is 0.383 e. The van der Waals surface area contributed by atoms with Gasteiger partial charge >= 0.3 is 0 Å². The van der Waals surface area contributed by atoms with Crippen molar-refractivity contribution in [1.82, 2.24) is 4.90 Å². The van der Waals surface area contributed by atoms with E-state index in [4.69, 9.17) is 10.5 Å². The van der Waals surface area contributed by atoms with E-state index in [2.05, 4.69) is 18.7 Å². The predicted molar refractivity (Wildman–Crippen MR) is 80.9 cm³/mol. The molecule has 1 aromatic carbocycles. The predicted octanol–water partition coefficient (Wildman–Crippen LogP) is 2.92. The Bertz CT molecular complexity index is 394. The minimum atomic E-state index is -0.157. The van der Waals surface area contributed by atoms with Crippen LogP contribution in [0, 0.1) is 5.82 Å². The van der Waals surface area contributed by atoms with Crippen LogP contribution in [0.1, 0.15) is 37.8 Å². The fraction of sp³-hybridized carbons (Fsp3) is 0.625. The van der Waals surface area contributed by atoms with Crippen LogP contribution >= 0.6 is 0 Å². The summed E-state index contributed by atoms with van der Waals surface area (Å²) in [6.07, 6.45) is 2.11. The molecular weight excluding hydrogens is 255 g/mol. The molecule has 1 rings (SSSR count). The van der Waals surface area contributed by atoms with Crippen molar-refractivity contribution in [3.63, 3.8) is 0 Å². The van der Waals surface area contributed by atoms with E-state index in [9.17, 15) is 4.39 Å².